The van der Waals surface area contributed by atoms with Crippen molar-refractivity contribution in [3.05, 3.63) is 176 Å². The van der Waals surface area contributed by atoms with Gasteiger partial charge in [-0.3, -0.25) is 0 Å². The van der Waals surface area contributed by atoms with Gasteiger partial charge in [0.1, 0.15) is 6.07 Å². The van der Waals surface area contributed by atoms with Crippen molar-refractivity contribution in [2.45, 2.75) is 0 Å². The van der Waals surface area contributed by atoms with Crippen LogP contribution in [-0.4, -0.2) is 19.1 Å². The summed E-state index contributed by atoms with van der Waals surface area (Å²) in [6.45, 7) is 0. The number of nitriles is 1. The van der Waals surface area contributed by atoms with Crippen molar-refractivity contribution in [1.82, 2.24) is 19.1 Å². The first-order valence-corrected chi connectivity index (χ1v) is 18.4. The molecule has 6 heteroatoms. The highest BCUT2D eigenvalue weighted by atomic mass is 15.2. The summed E-state index contributed by atoms with van der Waals surface area (Å²) in [6, 6.07) is 62.4. The average Bonchev–Trinajstić information content (AvgIpc) is 3.77. The van der Waals surface area contributed by atoms with Gasteiger partial charge in [0.2, 0.25) is 0 Å². The molecular formula is C49H28N6. The molecule has 0 unspecified atom stereocenters. The fourth-order valence-electron chi connectivity index (χ4n) is 8.91. The van der Waals surface area contributed by atoms with E-state index < -0.39 is 0 Å². The number of benzene rings is 8. The van der Waals surface area contributed by atoms with Crippen LogP contribution in [0, 0.1) is 11.3 Å². The monoisotopic (exact) mass is 700 g/mol. The van der Waals surface area contributed by atoms with Crippen LogP contribution in [0.5, 0.6) is 0 Å². The summed E-state index contributed by atoms with van der Waals surface area (Å²) >= 11 is 0. The van der Waals surface area contributed by atoms with Gasteiger partial charge >= 0.3 is 0 Å². The summed E-state index contributed by atoms with van der Waals surface area (Å²) < 4.78 is 4.82. The first-order chi connectivity index (χ1) is 27.2. The predicted molar refractivity (Wildman–Crippen MR) is 224 cm³/mol. The number of para-hydroxylation sites is 6. The fraction of sp³-hybridized carbons (Fsp3) is 0. The van der Waals surface area contributed by atoms with Crippen LogP contribution in [0.1, 0.15) is 5.69 Å². The lowest BCUT2D eigenvalue weighted by Gasteiger charge is -2.33. The Morgan fingerprint density at radius 3 is 1.93 bits per heavy atom. The van der Waals surface area contributed by atoms with Gasteiger partial charge < -0.3 is 14.0 Å². The summed E-state index contributed by atoms with van der Waals surface area (Å²) in [5.74, 6) is 0.539. The molecule has 11 aromatic rings. The Labute approximate surface area is 315 Å². The SMILES string of the molecule is N#Cc1nc(-c2ccc(-n3c4ccccc4c4cc5c(cc6c7c5c5ccccc5n7-c5ccccc5N6c5ccccc5)cc43)cc2)nc2ccccc12. The Hall–Kier alpha value is -7.75. The van der Waals surface area contributed by atoms with Crippen molar-refractivity contribution in [3.8, 4) is 28.8 Å². The van der Waals surface area contributed by atoms with Gasteiger partial charge in [0, 0.05) is 43.9 Å². The number of nitrogens with zero attached hydrogens (tertiary/aromatic N) is 6. The first-order valence-electron chi connectivity index (χ1n) is 18.4. The Morgan fingerprint density at radius 2 is 1.13 bits per heavy atom. The number of fused-ring (bicyclic) bond motifs is 11. The molecule has 8 aromatic carbocycles. The Balaban J connectivity index is 1.13. The normalized spacial score (nSPS) is 12.3. The largest absolute Gasteiger partial charge is 0.309 e. The third-order valence-corrected chi connectivity index (χ3v) is 11.2. The van der Waals surface area contributed by atoms with Gasteiger partial charge in [-0.05, 0) is 102 Å². The van der Waals surface area contributed by atoms with Crippen LogP contribution in [0.3, 0.4) is 0 Å². The minimum absolute atomic E-state index is 0.379. The van der Waals surface area contributed by atoms with Crippen LogP contribution >= 0.6 is 0 Å². The van der Waals surface area contributed by atoms with E-state index in [4.69, 9.17) is 4.98 Å². The predicted octanol–water partition coefficient (Wildman–Crippen LogP) is 12.3. The minimum Gasteiger partial charge on any atom is -0.309 e. The second-order valence-electron chi connectivity index (χ2n) is 14.1. The summed E-state index contributed by atoms with van der Waals surface area (Å²) in [7, 11) is 0. The van der Waals surface area contributed by atoms with Gasteiger partial charge in [-0.2, -0.15) is 5.26 Å². The van der Waals surface area contributed by atoms with Crippen molar-refractivity contribution in [2.24, 2.45) is 0 Å². The van der Waals surface area contributed by atoms with Crippen molar-refractivity contribution in [3.63, 3.8) is 0 Å². The van der Waals surface area contributed by atoms with E-state index in [1.54, 1.807) is 0 Å². The van der Waals surface area contributed by atoms with Crippen LogP contribution in [0.25, 0.3) is 88.0 Å². The third-order valence-electron chi connectivity index (χ3n) is 11.2. The quantitative estimate of drug-likeness (QED) is 0.184. The maximum Gasteiger partial charge on any atom is 0.161 e. The number of aromatic nitrogens is 4. The smallest absolute Gasteiger partial charge is 0.161 e. The third kappa shape index (κ3) is 4.12. The summed E-state index contributed by atoms with van der Waals surface area (Å²) in [5, 5.41) is 17.9. The van der Waals surface area contributed by atoms with Crippen molar-refractivity contribution >= 4 is 82.3 Å². The molecule has 3 aromatic heterocycles. The van der Waals surface area contributed by atoms with E-state index in [1.807, 2.05) is 24.3 Å². The van der Waals surface area contributed by atoms with Crippen LogP contribution < -0.4 is 4.90 Å². The number of hydrogen-bond donors (Lipinski definition) is 0. The standard InChI is InChI=1S/C49H28N6/c50-29-40-35-15-4-7-17-39(35)51-49(52-40)30-22-24-33(25-23-30)53-41-18-8-5-14-34(41)38-28-37-31(26-45(38)53)27-46-48-47(37)36-16-6-9-19-42(36)55(48)44-21-11-10-20-43(44)54(46)32-12-2-1-3-13-32/h1-28H. The molecule has 0 saturated heterocycles. The molecular weight excluding hydrogens is 673 g/mol. The molecule has 6 nitrogen and oxygen atoms in total. The molecule has 1 aliphatic rings. The van der Waals surface area contributed by atoms with Crippen molar-refractivity contribution in [2.75, 3.05) is 4.90 Å². The van der Waals surface area contributed by atoms with E-state index >= 15 is 0 Å². The highest BCUT2D eigenvalue weighted by Crippen LogP contribution is 2.52. The summed E-state index contributed by atoms with van der Waals surface area (Å²) in [5.41, 5.74) is 12.3. The molecule has 0 aliphatic carbocycles. The second kappa shape index (κ2) is 11.1. The van der Waals surface area contributed by atoms with Gasteiger partial charge in [0.05, 0.1) is 44.6 Å². The van der Waals surface area contributed by atoms with Crippen molar-refractivity contribution < 1.29 is 0 Å². The van der Waals surface area contributed by atoms with Crippen LogP contribution in [0.2, 0.25) is 0 Å². The molecule has 55 heavy (non-hydrogen) atoms. The molecule has 12 rings (SSSR count). The zero-order chi connectivity index (χ0) is 36.2. The highest BCUT2D eigenvalue weighted by Gasteiger charge is 2.30. The lowest BCUT2D eigenvalue weighted by atomic mass is 9.98. The minimum atomic E-state index is 0.379. The molecule has 0 bridgehead atoms. The highest BCUT2D eigenvalue weighted by molar-refractivity contribution is 6.29. The molecule has 0 saturated carbocycles. The maximum atomic E-state index is 9.87. The van der Waals surface area contributed by atoms with E-state index in [9.17, 15) is 5.26 Å². The van der Waals surface area contributed by atoms with Gasteiger partial charge in [-0.1, -0.05) is 78.9 Å². The lowest BCUT2D eigenvalue weighted by molar-refractivity contribution is 1.11. The van der Waals surface area contributed by atoms with Crippen LogP contribution in [0.4, 0.5) is 17.1 Å². The molecule has 0 amide bonds. The number of hydrogen-bond acceptors (Lipinski definition) is 4. The molecule has 254 valence electrons. The fourth-order valence-corrected chi connectivity index (χ4v) is 8.91. The van der Waals surface area contributed by atoms with Crippen LogP contribution in [-0.2, 0) is 0 Å². The topological polar surface area (TPSA) is 62.7 Å². The van der Waals surface area contributed by atoms with Gasteiger partial charge in [0.25, 0.3) is 0 Å². The first kappa shape index (κ1) is 29.8. The Morgan fingerprint density at radius 1 is 0.455 bits per heavy atom. The molecule has 1 aliphatic heterocycles. The zero-order valence-electron chi connectivity index (χ0n) is 29.3. The number of anilines is 3. The molecule has 0 radical (unpaired) electrons. The van der Waals surface area contributed by atoms with Gasteiger partial charge in [-0.15, -0.1) is 0 Å². The summed E-state index contributed by atoms with van der Waals surface area (Å²) in [4.78, 5) is 11.9. The van der Waals surface area contributed by atoms with E-state index in [1.165, 1.54) is 49.0 Å². The van der Waals surface area contributed by atoms with Gasteiger partial charge in [-0.25, -0.2) is 9.97 Å². The average molecular weight is 701 g/mol. The number of rotatable bonds is 3. The van der Waals surface area contributed by atoms with E-state index in [2.05, 4.69) is 171 Å². The van der Waals surface area contributed by atoms with E-state index in [0.717, 1.165) is 50.2 Å². The maximum absolute atomic E-state index is 9.87. The molecule has 4 heterocycles. The molecule has 0 spiro atoms. The van der Waals surface area contributed by atoms with E-state index in [-0.39, 0.29) is 0 Å². The van der Waals surface area contributed by atoms with E-state index in [0.29, 0.717) is 11.5 Å². The lowest BCUT2D eigenvalue weighted by Crippen LogP contribution is -2.18. The molecule has 0 N–H and O–H groups in total. The van der Waals surface area contributed by atoms with Gasteiger partial charge in [0.15, 0.2) is 11.5 Å². The van der Waals surface area contributed by atoms with Crippen molar-refractivity contribution in [1.29, 1.82) is 5.26 Å². The van der Waals surface area contributed by atoms with Crippen LogP contribution in [0.15, 0.2) is 170 Å². The Bertz CT molecular complexity index is 3440. The second-order valence-corrected chi connectivity index (χ2v) is 14.1. The summed E-state index contributed by atoms with van der Waals surface area (Å²) in [6.07, 6.45) is 0. The Kier molecular flexibility index (Phi) is 6.03. The molecule has 0 atom stereocenters. The zero-order valence-corrected chi connectivity index (χ0v) is 29.3. The molecule has 0 fully saturated rings.